The quantitative estimate of drug-likeness (QED) is 0.907. The number of carbonyl (C=O) groups excluding carboxylic acids is 1. The number of rotatable bonds is 5. The number of morpholine rings is 1. The minimum Gasteiger partial charge on any atom is -0.469 e. The summed E-state index contributed by atoms with van der Waals surface area (Å²) in [7, 11) is 0. The lowest BCUT2D eigenvalue weighted by molar-refractivity contribution is -0.0705. The highest BCUT2D eigenvalue weighted by atomic mass is 16.5. The van der Waals surface area contributed by atoms with Gasteiger partial charge in [-0.05, 0) is 38.0 Å². The molecule has 0 bridgehead atoms. The Labute approximate surface area is 149 Å². The summed E-state index contributed by atoms with van der Waals surface area (Å²) in [4.78, 5) is 14.7. The van der Waals surface area contributed by atoms with Gasteiger partial charge in [-0.1, -0.05) is 24.3 Å². The van der Waals surface area contributed by atoms with Crippen LogP contribution in [0, 0.1) is 6.92 Å². The highest BCUT2D eigenvalue weighted by Gasteiger charge is 2.22. The van der Waals surface area contributed by atoms with Crippen molar-refractivity contribution in [1.82, 2.24) is 10.2 Å². The Hall–Kier alpha value is -2.11. The predicted molar refractivity (Wildman–Crippen MR) is 96.3 cm³/mol. The van der Waals surface area contributed by atoms with Gasteiger partial charge in [0.25, 0.3) is 5.91 Å². The molecule has 1 saturated heterocycles. The standard InChI is InChI=1S/C20H26N2O3/c1-14-11-22(12-15(2)25-14)13-18-7-5-4-6-17(18)10-21-20(23)19-8-9-24-16(19)3/h4-9,14-15H,10-13H2,1-3H3,(H,21,23)/t14-,15+. The first-order chi connectivity index (χ1) is 12.0. The maximum absolute atomic E-state index is 12.3. The Kier molecular flexibility index (Phi) is 5.56. The molecule has 2 heterocycles. The molecule has 0 spiro atoms. The van der Waals surface area contributed by atoms with E-state index in [1.165, 1.54) is 5.56 Å². The van der Waals surface area contributed by atoms with Gasteiger partial charge in [-0.25, -0.2) is 0 Å². The second-order valence-electron chi connectivity index (χ2n) is 6.79. The number of aryl methyl sites for hydroxylation is 1. The zero-order valence-corrected chi connectivity index (χ0v) is 15.1. The van der Waals surface area contributed by atoms with E-state index >= 15 is 0 Å². The highest BCUT2D eigenvalue weighted by molar-refractivity contribution is 5.94. The van der Waals surface area contributed by atoms with Crippen LogP contribution >= 0.6 is 0 Å². The molecule has 2 atom stereocenters. The predicted octanol–water partition coefficient (Wildman–Crippen LogP) is 3.13. The van der Waals surface area contributed by atoms with Crippen molar-refractivity contribution in [2.75, 3.05) is 13.1 Å². The van der Waals surface area contributed by atoms with E-state index in [4.69, 9.17) is 9.15 Å². The van der Waals surface area contributed by atoms with Gasteiger partial charge in [0, 0.05) is 26.2 Å². The fraction of sp³-hybridized carbons (Fsp3) is 0.450. The second-order valence-corrected chi connectivity index (χ2v) is 6.79. The Bertz CT molecular complexity index is 715. The molecule has 2 aromatic rings. The maximum atomic E-state index is 12.3. The Morgan fingerprint density at radius 3 is 2.48 bits per heavy atom. The van der Waals surface area contributed by atoms with Crippen LogP contribution in [0.1, 0.15) is 41.1 Å². The third-order valence-corrected chi connectivity index (χ3v) is 4.55. The van der Waals surface area contributed by atoms with E-state index in [1.807, 2.05) is 12.1 Å². The van der Waals surface area contributed by atoms with Crippen LogP contribution in [0.4, 0.5) is 0 Å². The average molecular weight is 342 g/mol. The monoisotopic (exact) mass is 342 g/mol. The van der Waals surface area contributed by atoms with Crippen LogP contribution in [-0.4, -0.2) is 36.1 Å². The van der Waals surface area contributed by atoms with Crippen LogP contribution in [0.3, 0.4) is 0 Å². The van der Waals surface area contributed by atoms with E-state index in [1.54, 1.807) is 19.3 Å². The summed E-state index contributed by atoms with van der Waals surface area (Å²) in [5.41, 5.74) is 2.98. The summed E-state index contributed by atoms with van der Waals surface area (Å²) >= 11 is 0. The number of nitrogens with zero attached hydrogens (tertiary/aromatic N) is 1. The minimum atomic E-state index is -0.102. The van der Waals surface area contributed by atoms with E-state index in [2.05, 4.69) is 36.2 Å². The van der Waals surface area contributed by atoms with Crippen LogP contribution in [0.2, 0.25) is 0 Å². The van der Waals surface area contributed by atoms with Gasteiger partial charge in [-0.3, -0.25) is 9.69 Å². The average Bonchev–Trinajstić information content (AvgIpc) is 2.99. The number of carbonyl (C=O) groups is 1. The van der Waals surface area contributed by atoms with E-state index in [9.17, 15) is 4.79 Å². The molecular formula is C20H26N2O3. The van der Waals surface area contributed by atoms with E-state index in [0.717, 1.165) is 25.2 Å². The largest absolute Gasteiger partial charge is 0.469 e. The van der Waals surface area contributed by atoms with E-state index in [0.29, 0.717) is 17.9 Å². The number of ether oxygens (including phenoxy) is 1. The second kappa shape index (κ2) is 7.85. The van der Waals surface area contributed by atoms with Crippen molar-refractivity contribution in [3.8, 4) is 0 Å². The molecule has 1 fully saturated rings. The first kappa shape index (κ1) is 17.7. The lowest BCUT2D eigenvalue weighted by atomic mass is 10.1. The summed E-state index contributed by atoms with van der Waals surface area (Å²) < 4.78 is 11.0. The van der Waals surface area contributed by atoms with Crippen molar-refractivity contribution < 1.29 is 13.9 Å². The lowest BCUT2D eigenvalue weighted by Gasteiger charge is -2.35. The van der Waals surface area contributed by atoms with Crippen molar-refractivity contribution in [3.63, 3.8) is 0 Å². The summed E-state index contributed by atoms with van der Waals surface area (Å²) in [5.74, 6) is 0.539. The molecule has 0 aliphatic carbocycles. The van der Waals surface area contributed by atoms with Gasteiger partial charge in [-0.2, -0.15) is 0 Å². The molecule has 1 N–H and O–H groups in total. The van der Waals surface area contributed by atoms with Gasteiger partial charge in [0.05, 0.1) is 24.0 Å². The van der Waals surface area contributed by atoms with Crippen LogP contribution in [0.5, 0.6) is 0 Å². The van der Waals surface area contributed by atoms with Crippen molar-refractivity contribution in [1.29, 1.82) is 0 Å². The molecule has 3 rings (SSSR count). The molecule has 1 aliphatic heterocycles. The third-order valence-electron chi connectivity index (χ3n) is 4.55. The van der Waals surface area contributed by atoms with Crippen molar-refractivity contribution >= 4 is 5.91 Å². The molecule has 0 radical (unpaired) electrons. The van der Waals surface area contributed by atoms with Crippen molar-refractivity contribution in [2.24, 2.45) is 0 Å². The van der Waals surface area contributed by atoms with E-state index in [-0.39, 0.29) is 18.1 Å². The Balaban J connectivity index is 1.65. The fourth-order valence-corrected chi connectivity index (χ4v) is 3.43. The Morgan fingerprint density at radius 2 is 1.84 bits per heavy atom. The van der Waals surface area contributed by atoms with Gasteiger partial charge < -0.3 is 14.5 Å². The van der Waals surface area contributed by atoms with Gasteiger partial charge >= 0.3 is 0 Å². The number of hydrogen-bond acceptors (Lipinski definition) is 4. The first-order valence-corrected chi connectivity index (χ1v) is 8.80. The third kappa shape index (κ3) is 4.50. The maximum Gasteiger partial charge on any atom is 0.255 e. The fourth-order valence-electron chi connectivity index (χ4n) is 3.43. The van der Waals surface area contributed by atoms with Crippen LogP contribution in [0.25, 0.3) is 0 Å². The number of nitrogens with one attached hydrogen (secondary N) is 1. The topological polar surface area (TPSA) is 54.7 Å². The zero-order chi connectivity index (χ0) is 17.8. The van der Waals surface area contributed by atoms with Crippen molar-refractivity contribution in [2.45, 2.75) is 46.1 Å². The summed E-state index contributed by atoms with van der Waals surface area (Å²) in [6.07, 6.45) is 2.04. The zero-order valence-electron chi connectivity index (χ0n) is 15.1. The summed E-state index contributed by atoms with van der Waals surface area (Å²) in [6.45, 7) is 9.26. The van der Waals surface area contributed by atoms with Crippen LogP contribution in [-0.2, 0) is 17.8 Å². The molecule has 1 aromatic heterocycles. The molecular weight excluding hydrogens is 316 g/mol. The number of benzene rings is 1. The Morgan fingerprint density at radius 1 is 1.16 bits per heavy atom. The molecule has 0 unspecified atom stereocenters. The number of furan rings is 1. The highest BCUT2D eigenvalue weighted by Crippen LogP contribution is 2.17. The molecule has 1 aromatic carbocycles. The normalized spacial score (nSPS) is 21.2. The van der Waals surface area contributed by atoms with Gasteiger partial charge in [0.15, 0.2) is 0 Å². The minimum absolute atomic E-state index is 0.102. The molecule has 25 heavy (non-hydrogen) atoms. The van der Waals surface area contributed by atoms with Crippen LogP contribution < -0.4 is 5.32 Å². The molecule has 1 amide bonds. The number of amides is 1. The molecule has 5 nitrogen and oxygen atoms in total. The van der Waals surface area contributed by atoms with Crippen molar-refractivity contribution in [3.05, 3.63) is 59.0 Å². The van der Waals surface area contributed by atoms with Gasteiger partial charge in [0.1, 0.15) is 5.76 Å². The first-order valence-electron chi connectivity index (χ1n) is 8.80. The lowest BCUT2D eigenvalue weighted by Crippen LogP contribution is -2.45. The molecule has 1 aliphatic rings. The van der Waals surface area contributed by atoms with Crippen LogP contribution in [0.15, 0.2) is 41.0 Å². The molecule has 134 valence electrons. The SMILES string of the molecule is Cc1occc1C(=O)NCc1ccccc1CN1C[C@@H](C)O[C@@H](C)C1. The summed E-state index contributed by atoms with van der Waals surface area (Å²) in [6, 6.07) is 9.97. The van der Waals surface area contributed by atoms with Gasteiger partial charge in [0.2, 0.25) is 0 Å². The van der Waals surface area contributed by atoms with Gasteiger partial charge in [-0.15, -0.1) is 0 Å². The number of hydrogen-bond donors (Lipinski definition) is 1. The molecule has 0 saturated carbocycles. The smallest absolute Gasteiger partial charge is 0.255 e. The van der Waals surface area contributed by atoms with E-state index < -0.39 is 0 Å². The summed E-state index contributed by atoms with van der Waals surface area (Å²) in [5, 5.41) is 3.00. The molecule has 5 heteroatoms.